The first-order chi connectivity index (χ1) is 9.19. The fourth-order valence-corrected chi connectivity index (χ4v) is 1.75. The Morgan fingerprint density at radius 2 is 2.32 bits per heavy atom. The largest absolute Gasteiger partial charge is 0.325 e. The van der Waals surface area contributed by atoms with E-state index in [-0.39, 0.29) is 5.91 Å². The van der Waals surface area contributed by atoms with Gasteiger partial charge in [-0.25, -0.2) is 0 Å². The summed E-state index contributed by atoms with van der Waals surface area (Å²) in [7, 11) is 0. The normalized spacial score (nSPS) is 12.1. The number of rotatable bonds is 5. The van der Waals surface area contributed by atoms with Crippen LogP contribution in [-0.4, -0.2) is 21.7 Å². The molecule has 0 aliphatic carbocycles. The summed E-state index contributed by atoms with van der Waals surface area (Å²) in [5.74, 6) is -0.154. The van der Waals surface area contributed by atoms with Crippen molar-refractivity contribution in [2.75, 3.05) is 5.32 Å². The summed E-state index contributed by atoms with van der Waals surface area (Å²) in [6, 6.07) is 9.11. The van der Waals surface area contributed by atoms with Gasteiger partial charge in [-0.3, -0.25) is 9.48 Å². The fourth-order valence-electron chi connectivity index (χ4n) is 1.75. The third-order valence-corrected chi connectivity index (χ3v) is 2.87. The number of nitrogens with two attached hydrogens (primary N) is 1. The Labute approximate surface area is 112 Å². The number of anilines is 1. The van der Waals surface area contributed by atoms with Gasteiger partial charge in [-0.1, -0.05) is 19.1 Å². The first-order valence-electron chi connectivity index (χ1n) is 6.32. The minimum atomic E-state index is -0.463. The summed E-state index contributed by atoms with van der Waals surface area (Å²) >= 11 is 0. The van der Waals surface area contributed by atoms with Gasteiger partial charge in [-0.15, -0.1) is 0 Å². The average molecular weight is 258 g/mol. The van der Waals surface area contributed by atoms with Crippen LogP contribution in [0.2, 0.25) is 0 Å². The van der Waals surface area contributed by atoms with E-state index in [9.17, 15) is 4.79 Å². The molecule has 100 valence electrons. The summed E-state index contributed by atoms with van der Waals surface area (Å²) in [5.41, 5.74) is 7.52. The summed E-state index contributed by atoms with van der Waals surface area (Å²) in [4.78, 5) is 11.7. The molecule has 19 heavy (non-hydrogen) atoms. The van der Waals surface area contributed by atoms with E-state index >= 15 is 0 Å². The van der Waals surface area contributed by atoms with E-state index in [2.05, 4.69) is 10.4 Å². The molecular formula is C14H18N4O. The van der Waals surface area contributed by atoms with Crippen molar-refractivity contribution in [2.24, 2.45) is 5.73 Å². The Balaban J connectivity index is 2.05. The Morgan fingerprint density at radius 1 is 1.47 bits per heavy atom. The zero-order valence-corrected chi connectivity index (χ0v) is 10.9. The number of carbonyl (C=O) groups excluding carboxylic acids is 1. The highest BCUT2D eigenvalue weighted by Gasteiger charge is 2.10. The second-order valence-electron chi connectivity index (χ2n) is 4.41. The van der Waals surface area contributed by atoms with Gasteiger partial charge in [0.2, 0.25) is 5.91 Å². The van der Waals surface area contributed by atoms with Gasteiger partial charge < -0.3 is 11.1 Å². The molecule has 0 bridgehead atoms. The molecule has 0 saturated carbocycles. The van der Waals surface area contributed by atoms with Crippen LogP contribution >= 0.6 is 0 Å². The topological polar surface area (TPSA) is 72.9 Å². The second-order valence-corrected chi connectivity index (χ2v) is 4.41. The molecular weight excluding hydrogens is 240 g/mol. The predicted octanol–water partition coefficient (Wildman–Crippen LogP) is 1.61. The van der Waals surface area contributed by atoms with Crippen molar-refractivity contribution < 1.29 is 4.79 Å². The van der Waals surface area contributed by atoms with Crippen LogP contribution in [0, 0.1) is 0 Å². The molecule has 1 aromatic heterocycles. The Morgan fingerprint density at radius 3 is 3.00 bits per heavy atom. The lowest BCUT2D eigenvalue weighted by Crippen LogP contribution is -2.34. The molecule has 5 heteroatoms. The monoisotopic (exact) mass is 258 g/mol. The van der Waals surface area contributed by atoms with Crippen LogP contribution in [0.5, 0.6) is 0 Å². The quantitative estimate of drug-likeness (QED) is 0.855. The SMILES string of the molecule is CC[C@H](N)C(=O)Nc1cccc(Cn2cccn2)c1. The van der Waals surface area contributed by atoms with Gasteiger partial charge in [-0.2, -0.15) is 5.10 Å². The highest BCUT2D eigenvalue weighted by Crippen LogP contribution is 2.12. The van der Waals surface area contributed by atoms with Crippen LogP contribution in [0.4, 0.5) is 5.69 Å². The number of amides is 1. The van der Waals surface area contributed by atoms with Gasteiger partial charge in [0.1, 0.15) is 0 Å². The average Bonchev–Trinajstić information content (AvgIpc) is 2.91. The van der Waals surface area contributed by atoms with Gasteiger partial charge in [0.25, 0.3) is 0 Å². The van der Waals surface area contributed by atoms with Gasteiger partial charge in [0.15, 0.2) is 0 Å². The molecule has 0 spiro atoms. The number of nitrogens with zero attached hydrogens (tertiary/aromatic N) is 2. The van der Waals surface area contributed by atoms with Crippen molar-refractivity contribution in [1.82, 2.24) is 9.78 Å². The standard InChI is InChI=1S/C14H18N4O/c1-2-13(15)14(19)17-12-6-3-5-11(9-12)10-18-8-4-7-16-18/h3-9,13H,2,10,15H2,1H3,(H,17,19)/t13-/m0/s1. The van der Waals surface area contributed by atoms with Crippen LogP contribution in [0.25, 0.3) is 0 Å². The van der Waals surface area contributed by atoms with Gasteiger partial charge in [-0.05, 0) is 30.2 Å². The number of benzene rings is 1. The Bertz CT molecular complexity index is 536. The van der Waals surface area contributed by atoms with Gasteiger partial charge in [0, 0.05) is 18.1 Å². The second kappa shape index (κ2) is 6.15. The van der Waals surface area contributed by atoms with E-state index in [0.29, 0.717) is 13.0 Å². The van der Waals surface area contributed by atoms with Crippen molar-refractivity contribution in [3.05, 3.63) is 48.3 Å². The van der Waals surface area contributed by atoms with Crippen LogP contribution in [0.15, 0.2) is 42.7 Å². The van der Waals surface area contributed by atoms with E-state index in [1.165, 1.54) is 0 Å². The molecule has 2 aromatic rings. The molecule has 2 rings (SSSR count). The lowest BCUT2D eigenvalue weighted by molar-refractivity contribution is -0.117. The van der Waals surface area contributed by atoms with Crippen LogP contribution in [-0.2, 0) is 11.3 Å². The molecule has 0 aliphatic rings. The number of carbonyl (C=O) groups is 1. The minimum Gasteiger partial charge on any atom is -0.325 e. The molecule has 0 unspecified atom stereocenters. The molecule has 1 atom stereocenters. The first-order valence-corrected chi connectivity index (χ1v) is 6.32. The van der Waals surface area contributed by atoms with Crippen molar-refractivity contribution >= 4 is 11.6 Å². The van der Waals surface area contributed by atoms with Crippen LogP contribution in [0.3, 0.4) is 0 Å². The molecule has 1 aromatic carbocycles. The summed E-state index contributed by atoms with van der Waals surface area (Å²) in [6.45, 7) is 2.56. The number of nitrogens with one attached hydrogen (secondary N) is 1. The van der Waals surface area contributed by atoms with Crippen molar-refractivity contribution in [3.63, 3.8) is 0 Å². The van der Waals surface area contributed by atoms with Gasteiger partial charge in [0.05, 0.1) is 12.6 Å². The number of hydrogen-bond acceptors (Lipinski definition) is 3. The fraction of sp³-hybridized carbons (Fsp3) is 0.286. The zero-order chi connectivity index (χ0) is 13.7. The maximum absolute atomic E-state index is 11.7. The Hall–Kier alpha value is -2.14. The summed E-state index contributed by atoms with van der Waals surface area (Å²) < 4.78 is 1.83. The highest BCUT2D eigenvalue weighted by molar-refractivity contribution is 5.94. The number of hydrogen-bond donors (Lipinski definition) is 2. The maximum Gasteiger partial charge on any atom is 0.241 e. The summed E-state index contributed by atoms with van der Waals surface area (Å²) in [6.07, 6.45) is 4.27. The van der Waals surface area contributed by atoms with E-state index in [1.807, 2.05) is 48.1 Å². The third kappa shape index (κ3) is 3.66. The van der Waals surface area contributed by atoms with Crippen molar-refractivity contribution in [3.8, 4) is 0 Å². The van der Waals surface area contributed by atoms with Crippen molar-refractivity contribution in [1.29, 1.82) is 0 Å². The molecule has 0 fully saturated rings. The van der Waals surface area contributed by atoms with Crippen LogP contribution < -0.4 is 11.1 Å². The molecule has 0 aliphatic heterocycles. The molecule has 0 radical (unpaired) electrons. The first kappa shape index (κ1) is 13.3. The predicted molar refractivity (Wildman–Crippen MR) is 74.7 cm³/mol. The van der Waals surface area contributed by atoms with E-state index < -0.39 is 6.04 Å². The van der Waals surface area contributed by atoms with Gasteiger partial charge >= 0.3 is 0 Å². The van der Waals surface area contributed by atoms with E-state index in [4.69, 9.17) is 5.73 Å². The number of aromatic nitrogens is 2. The van der Waals surface area contributed by atoms with Crippen LogP contribution in [0.1, 0.15) is 18.9 Å². The van der Waals surface area contributed by atoms with Crippen molar-refractivity contribution in [2.45, 2.75) is 25.9 Å². The smallest absolute Gasteiger partial charge is 0.241 e. The Kier molecular flexibility index (Phi) is 4.30. The van der Waals surface area contributed by atoms with E-state index in [1.54, 1.807) is 6.20 Å². The molecule has 0 saturated heterocycles. The molecule has 1 amide bonds. The zero-order valence-electron chi connectivity index (χ0n) is 10.9. The molecule has 3 N–H and O–H groups in total. The molecule has 5 nitrogen and oxygen atoms in total. The lowest BCUT2D eigenvalue weighted by atomic mass is 10.2. The third-order valence-electron chi connectivity index (χ3n) is 2.87. The lowest BCUT2D eigenvalue weighted by Gasteiger charge is -2.11. The van der Waals surface area contributed by atoms with E-state index in [0.717, 1.165) is 11.3 Å². The summed E-state index contributed by atoms with van der Waals surface area (Å²) in [5, 5.41) is 6.97. The minimum absolute atomic E-state index is 0.154. The maximum atomic E-state index is 11.7. The highest BCUT2D eigenvalue weighted by atomic mass is 16.2. The molecule has 1 heterocycles.